The first kappa shape index (κ1) is 16.0. The van der Waals surface area contributed by atoms with Crippen molar-refractivity contribution >= 4 is 11.3 Å². The van der Waals surface area contributed by atoms with E-state index in [4.69, 9.17) is 4.74 Å². The highest BCUT2D eigenvalue weighted by Crippen LogP contribution is 2.20. The molecule has 0 amide bonds. The number of aryl methyl sites for hydroxylation is 3. The fourth-order valence-electron chi connectivity index (χ4n) is 1.98. The molecular formula is C17H23NO2S. The standard InChI is InChI=1S/C17H23NO2S/c1-12-4-6-16(7-5-12)20-11-15(19)9-18-10-17-8-13(2)14(3)21-17/h4-8,15,18-19H,9-11H2,1-3H3. The minimum Gasteiger partial charge on any atom is -0.491 e. The van der Waals surface area contributed by atoms with E-state index in [1.807, 2.05) is 31.2 Å². The third kappa shape index (κ3) is 5.16. The maximum absolute atomic E-state index is 9.92. The quantitative estimate of drug-likeness (QED) is 0.825. The molecule has 0 aliphatic rings. The van der Waals surface area contributed by atoms with Crippen molar-refractivity contribution in [2.45, 2.75) is 33.4 Å². The van der Waals surface area contributed by atoms with Crippen LogP contribution in [0.4, 0.5) is 0 Å². The van der Waals surface area contributed by atoms with E-state index in [-0.39, 0.29) is 0 Å². The number of nitrogens with one attached hydrogen (secondary N) is 1. The van der Waals surface area contributed by atoms with Gasteiger partial charge < -0.3 is 15.2 Å². The number of aliphatic hydroxyl groups excluding tert-OH is 1. The predicted molar refractivity (Wildman–Crippen MR) is 88.2 cm³/mol. The van der Waals surface area contributed by atoms with Crippen LogP contribution in [0, 0.1) is 20.8 Å². The van der Waals surface area contributed by atoms with E-state index < -0.39 is 6.10 Å². The van der Waals surface area contributed by atoms with E-state index in [1.165, 1.54) is 20.9 Å². The van der Waals surface area contributed by atoms with E-state index >= 15 is 0 Å². The van der Waals surface area contributed by atoms with Crippen LogP contribution in [-0.4, -0.2) is 24.4 Å². The van der Waals surface area contributed by atoms with Gasteiger partial charge in [-0.05, 0) is 44.5 Å². The highest BCUT2D eigenvalue weighted by molar-refractivity contribution is 7.12. The molecule has 2 aromatic rings. The van der Waals surface area contributed by atoms with Gasteiger partial charge >= 0.3 is 0 Å². The van der Waals surface area contributed by atoms with Gasteiger partial charge in [-0.2, -0.15) is 0 Å². The molecular weight excluding hydrogens is 282 g/mol. The molecule has 0 saturated heterocycles. The Morgan fingerprint density at radius 1 is 1.19 bits per heavy atom. The van der Waals surface area contributed by atoms with Gasteiger partial charge in [0.1, 0.15) is 18.5 Å². The van der Waals surface area contributed by atoms with Crippen molar-refractivity contribution < 1.29 is 9.84 Å². The van der Waals surface area contributed by atoms with Crippen molar-refractivity contribution in [1.82, 2.24) is 5.32 Å². The van der Waals surface area contributed by atoms with Gasteiger partial charge in [-0.15, -0.1) is 11.3 Å². The van der Waals surface area contributed by atoms with Crippen LogP contribution < -0.4 is 10.1 Å². The van der Waals surface area contributed by atoms with E-state index in [1.54, 1.807) is 11.3 Å². The molecule has 1 aromatic carbocycles. The minimum atomic E-state index is -0.506. The zero-order valence-corrected chi connectivity index (χ0v) is 13.7. The molecule has 0 fully saturated rings. The molecule has 0 spiro atoms. The highest BCUT2D eigenvalue weighted by atomic mass is 32.1. The second-order valence-electron chi connectivity index (χ2n) is 5.36. The zero-order chi connectivity index (χ0) is 15.2. The molecule has 0 saturated carbocycles. The third-order valence-corrected chi connectivity index (χ3v) is 4.51. The number of aliphatic hydroxyl groups is 1. The smallest absolute Gasteiger partial charge is 0.119 e. The number of thiophene rings is 1. The van der Waals surface area contributed by atoms with Crippen LogP contribution in [0.2, 0.25) is 0 Å². The molecule has 1 unspecified atom stereocenters. The van der Waals surface area contributed by atoms with Gasteiger partial charge in [-0.1, -0.05) is 17.7 Å². The number of hydrogen-bond donors (Lipinski definition) is 2. The Labute approximate surface area is 130 Å². The zero-order valence-electron chi connectivity index (χ0n) is 12.8. The number of ether oxygens (including phenoxy) is 1. The van der Waals surface area contributed by atoms with Crippen molar-refractivity contribution in [3.05, 3.63) is 51.2 Å². The second-order valence-corrected chi connectivity index (χ2v) is 6.70. The Hall–Kier alpha value is -1.36. The topological polar surface area (TPSA) is 41.5 Å². The van der Waals surface area contributed by atoms with Crippen LogP contribution in [0.25, 0.3) is 0 Å². The second kappa shape index (κ2) is 7.59. The van der Waals surface area contributed by atoms with Gasteiger partial charge in [0.15, 0.2) is 0 Å². The molecule has 1 heterocycles. The first-order valence-corrected chi connectivity index (χ1v) is 8.00. The molecule has 114 valence electrons. The number of hydrogen-bond acceptors (Lipinski definition) is 4. The van der Waals surface area contributed by atoms with Crippen molar-refractivity contribution in [3.63, 3.8) is 0 Å². The van der Waals surface area contributed by atoms with Gasteiger partial charge in [-0.25, -0.2) is 0 Å². The summed E-state index contributed by atoms with van der Waals surface area (Å²) in [4.78, 5) is 2.66. The number of rotatable bonds is 7. The van der Waals surface area contributed by atoms with Crippen LogP contribution in [0.5, 0.6) is 5.75 Å². The van der Waals surface area contributed by atoms with Crippen LogP contribution in [0.1, 0.15) is 20.9 Å². The summed E-state index contributed by atoms with van der Waals surface area (Å²) in [5, 5.41) is 13.2. The third-order valence-electron chi connectivity index (χ3n) is 3.36. The van der Waals surface area contributed by atoms with Crippen molar-refractivity contribution in [1.29, 1.82) is 0 Å². The Bertz CT molecular complexity index is 543. The van der Waals surface area contributed by atoms with Crippen molar-refractivity contribution in [3.8, 4) is 5.75 Å². The Morgan fingerprint density at radius 2 is 1.90 bits per heavy atom. The fourth-order valence-corrected chi connectivity index (χ4v) is 3.01. The van der Waals surface area contributed by atoms with E-state index in [9.17, 15) is 5.11 Å². The summed E-state index contributed by atoms with van der Waals surface area (Å²) >= 11 is 1.80. The lowest BCUT2D eigenvalue weighted by Crippen LogP contribution is -2.30. The molecule has 1 atom stereocenters. The van der Waals surface area contributed by atoms with Gasteiger partial charge in [0.2, 0.25) is 0 Å². The molecule has 4 heteroatoms. The largest absolute Gasteiger partial charge is 0.491 e. The average molecular weight is 305 g/mol. The molecule has 3 nitrogen and oxygen atoms in total. The molecule has 1 aromatic heterocycles. The molecule has 0 aliphatic heterocycles. The lowest BCUT2D eigenvalue weighted by Gasteiger charge is -2.13. The maximum Gasteiger partial charge on any atom is 0.119 e. The summed E-state index contributed by atoms with van der Waals surface area (Å²) in [7, 11) is 0. The molecule has 2 rings (SSSR count). The Balaban J connectivity index is 1.67. The van der Waals surface area contributed by atoms with Crippen molar-refractivity contribution in [2.24, 2.45) is 0 Å². The summed E-state index contributed by atoms with van der Waals surface area (Å²) in [6.07, 6.45) is -0.506. The summed E-state index contributed by atoms with van der Waals surface area (Å²) in [6.45, 7) is 7.92. The minimum absolute atomic E-state index is 0.304. The van der Waals surface area contributed by atoms with Gasteiger partial charge in [-0.3, -0.25) is 0 Å². The molecule has 0 bridgehead atoms. The van der Waals surface area contributed by atoms with Gasteiger partial charge in [0.05, 0.1) is 0 Å². The van der Waals surface area contributed by atoms with E-state index in [0.29, 0.717) is 13.2 Å². The first-order chi connectivity index (χ1) is 10.0. The number of benzene rings is 1. The summed E-state index contributed by atoms with van der Waals surface area (Å²) < 4.78 is 5.56. The summed E-state index contributed by atoms with van der Waals surface area (Å²) in [5.41, 5.74) is 2.53. The lowest BCUT2D eigenvalue weighted by atomic mass is 10.2. The fraction of sp³-hybridized carbons (Fsp3) is 0.412. The van der Waals surface area contributed by atoms with Crippen LogP contribution in [-0.2, 0) is 6.54 Å². The molecule has 0 radical (unpaired) electrons. The molecule has 21 heavy (non-hydrogen) atoms. The maximum atomic E-state index is 9.92. The van der Waals surface area contributed by atoms with Gasteiger partial charge in [0, 0.05) is 22.8 Å². The normalized spacial score (nSPS) is 12.4. The van der Waals surface area contributed by atoms with Crippen LogP contribution in [0.3, 0.4) is 0 Å². The van der Waals surface area contributed by atoms with Crippen LogP contribution in [0.15, 0.2) is 30.3 Å². The van der Waals surface area contributed by atoms with Crippen molar-refractivity contribution in [2.75, 3.05) is 13.2 Å². The predicted octanol–water partition coefficient (Wildman–Crippen LogP) is 3.20. The van der Waals surface area contributed by atoms with E-state index in [2.05, 4.69) is 25.2 Å². The van der Waals surface area contributed by atoms with E-state index in [0.717, 1.165) is 12.3 Å². The highest BCUT2D eigenvalue weighted by Gasteiger charge is 2.06. The Morgan fingerprint density at radius 3 is 2.52 bits per heavy atom. The Kier molecular flexibility index (Phi) is 5.79. The monoisotopic (exact) mass is 305 g/mol. The summed E-state index contributed by atoms with van der Waals surface area (Å²) in [5.74, 6) is 0.796. The summed E-state index contributed by atoms with van der Waals surface area (Å²) in [6, 6.07) is 10.0. The average Bonchev–Trinajstić information content (AvgIpc) is 2.77. The molecule has 0 aliphatic carbocycles. The SMILES string of the molecule is Cc1ccc(OCC(O)CNCc2cc(C)c(C)s2)cc1. The first-order valence-electron chi connectivity index (χ1n) is 7.19. The lowest BCUT2D eigenvalue weighted by molar-refractivity contribution is 0.106. The van der Waals surface area contributed by atoms with Crippen LogP contribution >= 0.6 is 11.3 Å². The van der Waals surface area contributed by atoms with Gasteiger partial charge in [0.25, 0.3) is 0 Å². The molecule has 2 N–H and O–H groups in total.